The van der Waals surface area contributed by atoms with Gasteiger partial charge in [0.2, 0.25) is 0 Å². The van der Waals surface area contributed by atoms with Crippen LogP contribution in [0.2, 0.25) is 0 Å². The summed E-state index contributed by atoms with van der Waals surface area (Å²) in [5.74, 6) is 0. The lowest BCUT2D eigenvalue weighted by Crippen LogP contribution is -2.27. The van der Waals surface area contributed by atoms with Crippen molar-refractivity contribution in [1.82, 2.24) is 14.5 Å². The van der Waals surface area contributed by atoms with E-state index in [1.807, 2.05) is 38.4 Å². The van der Waals surface area contributed by atoms with Crippen LogP contribution in [0.25, 0.3) is 5.69 Å². The first kappa shape index (κ1) is 14.1. The Morgan fingerprint density at radius 3 is 2.76 bits per heavy atom. The van der Waals surface area contributed by atoms with Crippen molar-refractivity contribution in [2.75, 3.05) is 6.54 Å². The summed E-state index contributed by atoms with van der Waals surface area (Å²) in [6, 6.07) is 8.92. The van der Waals surface area contributed by atoms with Gasteiger partial charge >= 0.3 is 5.69 Å². The summed E-state index contributed by atoms with van der Waals surface area (Å²) in [6.45, 7) is 5.13. The van der Waals surface area contributed by atoms with Crippen molar-refractivity contribution >= 4 is 0 Å². The standard InChI is InChI=1S/C17H23N3O/c1-13(2)19-10-11-20(17(19)21)15-7-5-6-14(12-15)16-8-3-4-9-18-16/h5-7,10-13,16,18H,3-4,8-9H2,1-2H3. The summed E-state index contributed by atoms with van der Waals surface area (Å²) < 4.78 is 3.48. The highest BCUT2D eigenvalue weighted by molar-refractivity contribution is 5.37. The smallest absolute Gasteiger partial charge is 0.310 e. The number of nitrogens with one attached hydrogen (secondary N) is 1. The number of benzene rings is 1. The van der Waals surface area contributed by atoms with E-state index in [4.69, 9.17) is 0 Å². The van der Waals surface area contributed by atoms with E-state index >= 15 is 0 Å². The lowest BCUT2D eigenvalue weighted by atomic mass is 9.97. The van der Waals surface area contributed by atoms with Crippen molar-refractivity contribution < 1.29 is 0 Å². The summed E-state index contributed by atoms with van der Waals surface area (Å²) in [5, 5.41) is 3.56. The predicted octanol–water partition coefficient (Wildman–Crippen LogP) is 3.03. The minimum absolute atomic E-state index is 0.0266. The van der Waals surface area contributed by atoms with Gasteiger partial charge in [-0.05, 0) is 50.9 Å². The molecule has 0 radical (unpaired) electrons. The maximum absolute atomic E-state index is 12.4. The van der Waals surface area contributed by atoms with Gasteiger partial charge in [-0.15, -0.1) is 0 Å². The molecule has 1 aliphatic rings. The number of nitrogens with zero attached hydrogens (tertiary/aromatic N) is 2. The van der Waals surface area contributed by atoms with E-state index in [0.29, 0.717) is 6.04 Å². The quantitative estimate of drug-likeness (QED) is 0.941. The molecule has 1 aromatic heterocycles. The van der Waals surface area contributed by atoms with Crippen LogP contribution < -0.4 is 11.0 Å². The second-order valence-electron chi connectivity index (χ2n) is 6.05. The SMILES string of the molecule is CC(C)n1ccn(-c2cccc(C3CCCCN3)c2)c1=O. The molecule has 1 aliphatic heterocycles. The third-order valence-electron chi connectivity index (χ3n) is 4.22. The van der Waals surface area contributed by atoms with Crippen molar-refractivity contribution in [2.24, 2.45) is 0 Å². The van der Waals surface area contributed by atoms with E-state index in [1.165, 1.54) is 24.8 Å². The Hall–Kier alpha value is -1.81. The Kier molecular flexibility index (Phi) is 3.97. The van der Waals surface area contributed by atoms with Gasteiger partial charge in [-0.1, -0.05) is 18.6 Å². The Morgan fingerprint density at radius 2 is 2.10 bits per heavy atom. The molecule has 3 rings (SSSR count). The van der Waals surface area contributed by atoms with Crippen LogP contribution >= 0.6 is 0 Å². The second kappa shape index (κ2) is 5.90. The fourth-order valence-corrected chi connectivity index (χ4v) is 3.01. The van der Waals surface area contributed by atoms with E-state index in [0.717, 1.165) is 12.2 Å². The molecule has 4 nitrogen and oxygen atoms in total. The maximum Gasteiger partial charge on any atom is 0.332 e. The van der Waals surface area contributed by atoms with Crippen LogP contribution in [-0.2, 0) is 0 Å². The van der Waals surface area contributed by atoms with Gasteiger partial charge in [0.1, 0.15) is 0 Å². The fourth-order valence-electron chi connectivity index (χ4n) is 3.01. The third kappa shape index (κ3) is 2.81. The molecule has 0 aliphatic carbocycles. The summed E-state index contributed by atoms with van der Waals surface area (Å²) in [4.78, 5) is 12.4. The fraction of sp³-hybridized carbons (Fsp3) is 0.471. The Morgan fingerprint density at radius 1 is 1.24 bits per heavy atom. The van der Waals surface area contributed by atoms with Gasteiger partial charge in [0, 0.05) is 24.5 Å². The van der Waals surface area contributed by atoms with Crippen molar-refractivity contribution in [3.63, 3.8) is 0 Å². The molecule has 0 spiro atoms. The number of hydrogen-bond acceptors (Lipinski definition) is 2. The summed E-state index contributed by atoms with van der Waals surface area (Å²) in [6.07, 6.45) is 7.41. The van der Waals surface area contributed by atoms with E-state index in [-0.39, 0.29) is 11.7 Å². The van der Waals surface area contributed by atoms with Gasteiger partial charge in [-0.25, -0.2) is 4.79 Å². The molecule has 0 bridgehead atoms. The Balaban J connectivity index is 1.94. The van der Waals surface area contributed by atoms with Crippen LogP contribution in [-0.4, -0.2) is 15.7 Å². The minimum atomic E-state index is 0.0266. The van der Waals surface area contributed by atoms with Gasteiger partial charge in [-0.2, -0.15) is 0 Å². The van der Waals surface area contributed by atoms with Gasteiger partial charge in [0.15, 0.2) is 0 Å². The molecule has 4 heteroatoms. The van der Waals surface area contributed by atoms with E-state index in [1.54, 1.807) is 9.13 Å². The largest absolute Gasteiger partial charge is 0.332 e. The molecular formula is C17H23N3O. The molecule has 2 aromatic rings. The first-order valence-corrected chi connectivity index (χ1v) is 7.80. The number of rotatable bonds is 3. The van der Waals surface area contributed by atoms with E-state index < -0.39 is 0 Å². The van der Waals surface area contributed by atoms with Crippen LogP contribution in [0.15, 0.2) is 41.5 Å². The zero-order valence-corrected chi connectivity index (χ0v) is 12.7. The molecule has 1 aromatic carbocycles. The topological polar surface area (TPSA) is 39.0 Å². The third-order valence-corrected chi connectivity index (χ3v) is 4.22. The average molecular weight is 285 g/mol. The molecule has 1 unspecified atom stereocenters. The van der Waals surface area contributed by atoms with Crippen molar-refractivity contribution in [1.29, 1.82) is 0 Å². The highest BCUT2D eigenvalue weighted by atomic mass is 16.1. The van der Waals surface area contributed by atoms with Gasteiger partial charge in [0.05, 0.1) is 5.69 Å². The molecular weight excluding hydrogens is 262 g/mol. The number of imidazole rings is 1. The predicted molar refractivity (Wildman–Crippen MR) is 85.0 cm³/mol. The van der Waals surface area contributed by atoms with Crippen molar-refractivity contribution in [2.45, 2.75) is 45.2 Å². The lowest BCUT2D eigenvalue weighted by molar-refractivity contribution is 0.412. The van der Waals surface area contributed by atoms with Gasteiger partial charge in [-0.3, -0.25) is 9.13 Å². The normalized spacial score (nSPS) is 19.1. The molecule has 112 valence electrons. The van der Waals surface area contributed by atoms with Crippen molar-refractivity contribution in [3.8, 4) is 5.69 Å². The molecule has 1 atom stereocenters. The minimum Gasteiger partial charge on any atom is -0.310 e. The second-order valence-corrected chi connectivity index (χ2v) is 6.05. The highest BCUT2D eigenvalue weighted by Gasteiger charge is 2.15. The summed E-state index contributed by atoms with van der Waals surface area (Å²) in [7, 11) is 0. The molecule has 2 heterocycles. The number of piperidine rings is 1. The molecule has 1 N–H and O–H groups in total. The van der Waals surface area contributed by atoms with Gasteiger partial charge in [0.25, 0.3) is 0 Å². The van der Waals surface area contributed by atoms with Crippen LogP contribution in [0.4, 0.5) is 0 Å². The average Bonchev–Trinajstić information content (AvgIpc) is 2.90. The molecule has 0 saturated carbocycles. The van der Waals surface area contributed by atoms with E-state index in [2.05, 4.69) is 17.4 Å². The molecule has 1 fully saturated rings. The number of aromatic nitrogens is 2. The monoisotopic (exact) mass is 285 g/mol. The number of hydrogen-bond donors (Lipinski definition) is 1. The summed E-state index contributed by atoms with van der Waals surface area (Å²) >= 11 is 0. The Labute approximate surface area is 125 Å². The zero-order valence-electron chi connectivity index (χ0n) is 12.7. The molecule has 0 amide bonds. The summed E-state index contributed by atoms with van der Waals surface area (Å²) in [5.41, 5.74) is 2.25. The Bertz CT molecular complexity index is 663. The first-order valence-electron chi connectivity index (χ1n) is 7.80. The van der Waals surface area contributed by atoms with Crippen molar-refractivity contribution in [3.05, 3.63) is 52.7 Å². The van der Waals surface area contributed by atoms with Crippen LogP contribution in [0.3, 0.4) is 0 Å². The molecule has 1 saturated heterocycles. The van der Waals surface area contributed by atoms with Crippen LogP contribution in [0.5, 0.6) is 0 Å². The van der Waals surface area contributed by atoms with E-state index in [9.17, 15) is 4.79 Å². The maximum atomic E-state index is 12.4. The van der Waals surface area contributed by atoms with Gasteiger partial charge < -0.3 is 5.32 Å². The molecule has 21 heavy (non-hydrogen) atoms. The highest BCUT2D eigenvalue weighted by Crippen LogP contribution is 2.24. The van der Waals surface area contributed by atoms with Crippen LogP contribution in [0, 0.1) is 0 Å². The lowest BCUT2D eigenvalue weighted by Gasteiger charge is -2.24. The van der Waals surface area contributed by atoms with Crippen LogP contribution in [0.1, 0.15) is 50.8 Å². The first-order chi connectivity index (χ1) is 10.2. The zero-order chi connectivity index (χ0) is 14.8.